The zero-order valence-corrected chi connectivity index (χ0v) is 8.72. The summed E-state index contributed by atoms with van der Waals surface area (Å²) in [5, 5.41) is 6.81. The van der Waals surface area contributed by atoms with Gasteiger partial charge in [-0.15, -0.1) is 0 Å². The molecule has 0 saturated heterocycles. The smallest absolute Gasteiger partial charge is 0.200 e. The number of fused-ring (bicyclic) bond motifs is 1. The molecule has 0 radical (unpaired) electrons. The monoisotopic (exact) mass is 229 g/mol. The average Bonchev–Trinajstić information content (AvgIpc) is 2.73. The maximum absolute atomic E-state index is 13.0. The third-order valence-electron chi connectivity index (χ3n) is 2.32. The molecule has 0 aliphatic rings. The van der Waals surface area contributed by atoms with Gasteiger partial charge in [-0.2, -0.15) is 0 Å². The first kappa shape index (κ1) is 9.77. The molecule has 2 aromatic heterocycles. The lowest BCUT2D eigenvalue weighted by Gasteiger charge is -2.01. The average molecular weight is 229 g/mol. The number of aromatic nitrogens is 2. The van der Waals surface area contributed by atoms with Crippen molar-refractivity contribution < 1.29 is 8.91 Å². The molecule has 84 valence electrons. The summed E-state index contributed by atoms with van der Waals surface area (Å²) in [6.45, 7) is 0. The minimum Gasteiger partial charge on any atom is -0.352 e. The van der Waals surface area contributed by atoms with Crippen molar-refractivity contribution in [2.24, 2.45) is 0 Å². The predicted molar refractivity (Wildman–Crippen MR) is 61.5 cm³/mol. The van der Waals surface area contributed by atoms with Gasteiger partial charge in [0.25, 0.3) is 0 Å². The van der Waals surface area contributed by atoms with E-state index in [4.69, 9.17) is 4.52 Å². The summed E-state index contributed by atoms with van der Waals surface area (Å²) in [4.78, 5) is 4.15. The summed E-state index contributed by atoms with van der Waals surface area (Å²) in [6, 6.07) is 9.65. The van der Waals surface area contributed by atoms with Crippen LogP contribution in [0.15, 0.2) is 47.1 Å². The van der Waals surface area contributed by atoms with Gasteiger partial charge in [-0.25, -0.2) is 9.37 Å². The molecule has 0 saturated carbocycles. The summed E-state index contributed by atoms with van der Waals surface area (Å²) in [6.07, 6.45) is 1.65. The number of halogens is 1. The van der Waals surface area contributed by atoms with Crippen LogP contribution in [0.3, 0.4) is 0 Å². The Labute approximate surface area is 96.1 Å². The van der Waals surface area contributed by atoms with Crippen LogP contribution >= 0.6 is 0 Å². The fourth-order valence-electron chi connectivity index (χ4n) is 1.57. The number of hydrogen-bond acceptors (Lipinski definition) is 4. The minimum atomic E-state index is -0.309. The highest BCUT2D eigenvalue weighted by Gasteiger charge is 2.08. The zero-order chi connectivity index (χ0) is 11.7. The van der Waals surface area contributed by atoms with Crippen molar-refractivity contribution in [3.8, 4) is 0 Å². The highest BCUT2D eigenvalue weighted by molar-refractivity contribution is 5.85. The second-order valence-electron chi connectivity index (χ2n) is 3.52. The predicted octanol–water partition coefficient (Wildman–Crippen LogP) is 3.11. The molecule has 2 heterocycles. The first-order valence-electron chi connectivity index (χ1n) is 5.06. The van der Waals surface area contributed by atoms with Gasteiger partial charge in [0, 0.05) is 11.9 Å². The van der Waals surface area contributed by atoms with E-state index in [2.05, 4.69) is 15.5 Å². The van der Waals surface area contributed by atoms with Gasteiger partial charge in [-0.3, -0.25) is 0 Å². The van der Waals surface area contributed by atoms with Gasteiger partial charge < -0.3 is 9.84 Å². The molecule has 0 aliphatic carbocycles. The Balaban J connectivity index is 2.00. The summed E-state index contributed by atoms with van der Waals surface area (Å²) >= 11 is 0. The molecule has 17 heavy (non-hydrogen) atoms. The van der Waals surface area contributed by atoms with Crippen molar-refractivity contribution in [2.75, 3.05) is 5.32 Å². The SMILES string of the molecule is Fc1cccc(Nc2noc3cccnc23)c1. The van der Waals surface area contributed by atoms with E-state index in [9.17, 15) is 4.39 Å². The van der Waals surface area contributed by atoms with Gasteiger partial charge in [-0.1, -0.05) is 11.2 Å². The lowest BCUT2D eigenvalue weighted by Crippen LogP contribution is -1.92. The number of nitrogens with one attached hydrogen (secondary N) is 1. The molecular formula is C12H8FN3O. The van der Waals surface area contributed by atoms with Crippen LogP contribution in [-0.4, -0.2) is 10.1 Å². The van der Waals surface area contributed by atoms with Crippen molar-refractivity contribution in [1.29, 1.82) is 0 Å². The molecule has 0 unspecified atom stereocenters. The van der Waals surface area contributed by atoms with Crippen molar-refractivity contribution in [3.05, 3.63) is 48.4 Å². The van der Waals surface area contributed by atoms with Gasteiger partial charge >= 0.3 is 0 Å². The summed E-state index contributed by atoms with van der Waals surface area (Å²) < 4.78 is 18.1. The normalized spacial score (nSPS) is 10.6. The Kier molecular flexibility index (Phi) is 2.22. The fraction of sp³-hybridized carbons (Fsp3) is 0. The molecule has 0 atom stereocenters. The fourth-order valence-corrected chi connectivity index (χ4v) is 1.57. The Morgan fingerprint density at radius 2 is 2.12 bits per heavy atom. The Morgan fingerprint density at radius 3 is 3.00 bits per heavy atom. The van der Waals surface area contributed by atoms with Crippen LogP contribution in [0, 0.1) is 5.82 Å². The van der Waals surface area contributed by atoms with Gasteiger partial charge in [0.05, 0.1) is 0 Å². The van der Waals surface area contributed by atoms with Crippen molar-refractivity contribution in [1.82, 2.24) is 10.1 Å². The van der Waals surface area contributed by atoms with Crippen LogP contribution in [0.4, 0.5) is 15.9 Å². The quantitative estimate of drug-likeness (QED) is 0.733. The molecule has 0 aliphatic heterocycles. The first-order valence-corrected chi connectivity index (χ1v) is 5.06. The number of hydrogen-bond donors (Lipinski definition) is 1. The highest BCUT2D eigenvalue weighted by atomic mass is 19.1. The molecule has 0 amide bonds. The Morgan fingerprint density at radius 1 is 1.18 bits per heavy atom. The van der Waals surface area contributed by atoms with E-state index < -0.39 is 0 Å². The van der Waals surface area contributed by atoms with Crippen molar-refractivity contribution >= 4 is 22.6 Å². The van der Waals surface area contributed by atoms with Crippen LogP contribution in [0.5, 0.6) is 0 Å². The van der Waals surface area contributed by atoms with E-state index in [-0.39, 0.29) is 5.82 Å². The second kappa shape index (κ2) is 3.86. The minimum absolute atomic E-state index is 0.309. The van der Waals surface area contributed by atoms with E-state index in [1.54, 1.807) is 30.5 Å². The van der Waals surface area contributed by atoms with Crippen LogP contribution in [-0.2, 0) is 0 Å². The third-order valence-corrected chi connectivity index (χ3v) is 2.32. The maximum atomic E-state index is 13.0. The Bertz CT molecular complexity index is 665. The van der Waals surface area contributed by atoms with Crippen molar-refractivity contribution in [2.45, 2.75) is 0 Å². The molecule has 1 N–H and O–H groups in total. The van der Waals surface area contributed by atoms with Crippen LogP contribution in [0.1, 0.15) is 0 Å². The van der Waals surface area contributed by atoms with Crippen LogP contribution in [0.25, 0.3) is 11.1 Å². The molecule has 0 bridgehead atoms. The first-order chi connectivity index (χ1) is 8.33. The summed E-state index contributed by atoms with van der Waals surface area (Å²) in [5.74, 6) is 0.168. The third kappa shape index (κ3) is 1.82. The largest absolute Gasteiger partial charge is 0.352 e. The van der Waals surface area contributed by atoms with E-state index in [1.807, 2.05) is 0 Å². The number of anilines is 2. The molecule has 3 aromatic rings. The van der Waals surface area contributed by atoms with Crippen molar-refractivity contribution in [3.63, 3.8) is 0 Å². The lowest BCUT2D eigenvalue weighted by atomic mass is 10.3. The second-order valence-corrected chi connectivity index (χ2v) is 3.52. The standard InChI is InChI=1S/C12H8FN3O/c13-8-3-1-4-9(7-8)15-12-11-10(17-16-12)5-2-6-14-11/h1-7H,(H,15,16). The summed E-state index contributed by atoms with van der Waals surface area (Å²) in [7, 11) is 0. The van der Waals surface area contributed by atoms with E-state index in [0.29, 0.717) is 22.6 Å². The number of rotatable bonds is 2. The highest BCUT2D eigenvalue weighted by Crippen LogP contribution is 2.23. The molecule has 5 heteroatoms. The summed E-state index contributed by atoms with van der Waals surface area (Å²) in [5.41, 5.74) is 1.81. The zero-order valence-electron chi connectivity index (χ0n) is 8.72. The van der Waals surface area contributed by atoms with Gasteiger partial charge in [0.2, 0.25) is 0 Å². The van der Waals surface area contributed by atoms with Crippen LogP contribution in [0.2, 0.25) is 0 Å². The molecule has 3 rings (SSSR count). The maximum Gasteiger partial charge on any atom is 0.200 e. The molecule has 1 aromatic carbocycles. The van der Waals surface area contributed by atoms with E-state index in [0.717, 1.165) is 0 Å². The molecule has 0 spiro atoms. The molecule has 0 fully saturated rings. The van der Waals surface area contributed by atoms with E-state index in [1.165, 1.54) is 12.1 Å². The van der Waals surface area contributed by atoms with Gasteiger partial charge in [-0.05, 0) is 30.3 Å². The molecular weight excluding hydrogens is 221 g/mol. The van der Waals surface area contributed by atoms with Gasteiger partial charge in [0.1, 0.15) is 5.82 Å². The number of nitrogens with zero attached hydrogens (tertiary/aromatic N) is 2. The molecule has 4 nitrogen and oxygen atoms in total. The topological polar surface area (TPSA) is 51.0 Å². The Hall–Kier alpha value is -2.43. The van der Waals surface area contributed by atoms with Gasteiger partial charge in [0.15, 0.2) is 16.9 Å². The number of benzene rings is 1. The van der Waals surface area contributed by atoms with E-state index >= 15 is 0 Å². The van der Waals surface area contributed by atoms with Crippen LogP contribution < -0.4 is 5.32 Å². The lowest BCUT2D eigenvalue weighted by molar-refractivity contribution is 0.460. The number of pyridine rings is 1.